The molecule has 0 radical (unpaired) electrons. The number of anilines is 1. The molecule has 0 saturated heterocycles. The van der Waals surface area contributed by atoms with Crippen LogP contribution in [0, 0.1) is 11.3 Å². The van der Waals surface area contributed by atoms with Crippen LogP contribution in [0.2, 0.25) is 5.02 Å². The molecule has 180 valence electrons. The number of nitrogens with one attached hydrogen (secondary N) is 1. The van der Waals surface area contributed by atoms with Gasteiger partial charge in [0.05, 0.1) is 32.1 Å². The first-order valence-corrected chi connectivity index (χ1v) is 11.4. The van der Waals surface area contributed by atoms with Gasteiger partial charge < -0.3 is 14.8 Å². The van der Waals surface area contributed by atoms with Crippen LogP contribution >= 0.6 is 11.6 Å². The minimum atomic E-state index is -0.564. The predicted octanol–water partition coefficient (Wildman–Crippen LogP) is 5.81. The molecular formula is C28H23ClN4O3. The van der Waals surface area contributed by atoms with E-state index in [9.17, 15) is 10.1 Å². The topological polar surface area (TPSA) is 89.2 Å². The van der Waals surface area contributed by atoms with E-state index in [4.69, 9.17) is 26.2 Å². The molecule has 0 aliphatic heterocycles. The highest BCUT2D eigenvalue weighted by atomic mass is 35.5. The number of amides is 1. The average Bonchev–Trinajstić information content (AvgIpc) is 3.31. The van der Waals surface area contributed by atoms with Gasteiger partial charge in [-0.05, 0) is 35.9 Å². The Bertz CT molecular complexity index is 1440. The lowest BCUT2D eigenvalue weighted by atomic mass is 10.1. The number of hydrogen-bond donors (Lipinski definition) is 1. The Kier molecular flexibility index (Phi) is 7.69. The Hall–Kier alpha value is -4.54. The number of rotatable bonds is 8. The van der Waals surface area contributed by atoms with Crippen LogP contribution in [0.15, 0.2) is 84.6 Å². The molecule has 1 N–H and O–H groups in total. The number of aromatic nitrogens is 2. The Labute approximate surface area is 214 Å². The summed E-state index contributed by atoms with van der Waals surface area (Å²) in [5.74, 6) is 0.438. The van der Waals surface area contributed by atoms with E-state index in [-0.39, 0.29) is 5.57 Å². The molecule has 0 aliphatic carbocycles. The number of ether oxygens (including phenoxy) is 2. The molecule has 0 unspecified atom stereocenters. The van der Waals surface area contributed by atoms with Crippen molar-refractivity contribution in [3.63, 3.8) is 0 Å². The lowest BCUT2D eigenvalue weighted by Crippen LogP contribution is -2.14. The molecule has 0 spiro atoms. The summed E-state index contributed by atoms with van der Waals surface area (Å²) in [6.07, 6.45) is 3.36. The molecule has 1 amide bonds. The van der Waals surface area contributed by atoms with Gasteiger partial charge in [0.1, 0.15) is 23.1 Å². The van der Waals surface area contributed by atoms with Gasteiger partial charge in [-0.1, -0.05) is 54.1 Å². The van der Waals surface area contributed by atoms with Crippen LogP contribution in [0.3, 0.4) is 0 Å². The second-order valence-corrected chi connectivity index (χ2v) is 8.25. The van der Waals surface area contributed by atoms with Crippen molar-refractivity contribution in [2.45, 2.75) is 6.54 Å². The lowest BCUT2D eigenvalue weighted by molar-refractivity contribution is -0.112. The van der Waals surface area contributed by atoms with Crippen molar-refractivity contribution in [2.24, 2.45) is 0 Å². The second kappa shape index (κ2) is 11.3. The fraction of sp³-hybridized carbons (Fsp3) is 0.107. The maximum Gasteiger partial charge on any atom is 0.266 e. The van der Waals surface area contributed by atoms with Crippen LogP contribution in [-0.4, -0.2) is 29.9 Å². The number of nitrogens with zero attached hydrogens (tertiary/aromatic N) is 3. The van der Waals surface area contributed by atoms with Gasteiger partial charge in [0, 0.05) is 28.4 Å². The maximum atomic E-state index is 13.0. The smallest absolute Gasteiger partial charge is 0.266 e. The minimum Gasteiger partial charge on any atom is -0.497 e. The lowest BCUT2D eigenvalue weighted by Gasteiger charge is -2.11. The molecule has 0 bridgehead atoms. The Morgan fingerprint density at radius 2 is 1.83 bits per heavy atom. The summed E-state index contributed by atoms with van der Waals surface area (Å²) in [6, 6.07) is 24.1. The van der Waals surface area contributed by atoms with Crippen molar-refractivity contribution in [2.75, 3.05) is 19.5 Å². The monoisotopic (exact) mass is 498 g/mol. The summed E-state index contributed by atoms with van der Waals surface area (Å²) in [5, 5.41) is 17.9. The molecule has 1 aromatic heterocycles. The van der Waals surface area contributed by atoms with Gasteiger partial charge in [-0.15, -0.1) is 0 Å². The molecule has 1 heterocycles. The summed E-state index contributed by atoms with van der Waals surface area (Å²) >= 11 is 6.01. The van der Waals surface area contributed by atoms with Crippen LogP contribution < -0.4 is 14.8 Å². The van der Waals surface area contributed by atoms with Gasteiger partial charge in [0.25, 0.3) is 5.91 Å². The van der Waals surface area contributed by atoms with E-state index in [1.165, 1.54) is 7.11 Å². The zero-order chi connectivity index (χ0) is 25.5. The van der Waals surface area contributed by atoms with Crippen LogP contribution in [-0.2, 0) is 11.3 Å². The number of carbonyl (C=O) groups is 1. The first kappa shape index (κ1) is 24.6. The van der Waals surface area contributed by atoms with Crippen LogP contribution in [0.5, 0.6) is 11.5 Å². The number of carbonyl (C=O) groups excluding carboxylic acids is 1. The van der Waals surface area contributed by atoms with Gasteiger partial charge >= 0.3 is 0 Å². The molecule has 36 heavy (non-hydrogen) atoms. The van der Waals surface area contributed by atoms with Crippen molar-refractivity contribution in [3.05, 3.63) is 101 Å². The van der Waals surface area contributed by atoms with Gasteiger partial charge in [0.2, 0.25) is 0 Å². The fourth-order valence-corrected chi connectivity index (χ4v) is 3.74. The summed E-state index contributed by atoms with van der Waals surface area (Å²) in [5.41, 5.74) is 3.54. The van der Waals surface area contributed by atoms with E-state index in [2.05, 4.69) is 5.32 Å². The third-order valence-corrected chi connectivity index (χ3v) is 5.67. The Balaban J connectivity index is 1.67. The van der Waals surface area contributed by atoms with E-state index in [1.54, 1.807) is 36.1 Å². The molecule has 0 aliphatic rings. The van der Waals surface area contributed by atoms with Gasteiger partial charge in [-0.25, -0.2) is 0 Å². The number of nitriles is 1. The van der Waals surface area contributed by atoms with E-state index >= 15 is 0 Å². The summed E-state index contributed by atoms with van der Waals surface area (Å²) in [7, 11) is 3.04. The van der Waals surface area contributed by atoms with Crippen LogP contribution in [0.25, 0.3) is 17.3 Å². The molecule has 3 aromatic carbocycles. The second-order valence-electron chi connectivity index (χ2n) is 7.81. The Morgan fingerprint density at radius 1 is 1.08 bits per heavy atom. The number of benzene rings is 3. The number of hydrogen-bond acceptors (Lipinski definition) is 5. The van der Waals surface area contributed by atoms with Crippen molar-refractivity contribution in [1.29, 1.82) is 5.26 Å². The van der Waals surface area contributed by atoms with Gasteiger partial charge in [-0.3, -0.25) is 9.48 Å². The predicted molar refractivity (Wildman–Crippen MR) is 140 cm³/mol. The number of halogens is 1. The fourth-order valence-electron chi connectivity index (χ4n) is 3.62. The highest BCUT2D eigenvalue weighted by molar-refractivity contribution is 6.30. The summed E-state index contributed by atoms with van der Waals surface area (Å²) in [4.78, 5) is 13.0. The van der Waals surface area contributed by atoms with E-state index in [0.717, 1.165) is 11.1 Å². The first-order valence-electron chi connectivity index (χ1n) is 11.0. The van der Waals surface area contributed by atoms with Crippen molar-refractivity contribution >= 4 is 29.3 Å². The van der Waals surface area contributed by atoms with Crippen molar-refractivity contribution in [1.82, 2.24) is 9.78 Å². The van der Waals surface area contributed by atoms with Crippen molar-refractivity contribution in [3.8, 4) is 28.8 Å². The molecule has 0 saturated carbocycles. The highest BCUT2D eigenvalue weighted by Crippen LogP contribution is 2.30. The zero-order valence-corrected chi connectivity index (χ0v) is 20.5. The average molecular weight is 499 g/mol. The minimum absolute atomic E-state index is 0.0731. The number of methoxy groups -OCH3 is 2. The third kappa shape index (κ3) is 5.74. The van der Waals surface area contributed by atoms with Crippen LogP contribution in [0.4, 0.5) is 5.69 Å². The molecule has 0 atom stereocenters. The molecule has 8 heteroatoms. The van der Waals surface area contributed by atoms with E-state index in [1.807, 2.05) is 66.9 Å². The Morgan fingerprint density at radius 3 is 2.50 bits per heavy atom. The normalized spacial score (nSPS) is 11.0. The quantitative estimate of drug-likeness (QED) is 0.244. The summed E-state index contributed by atoms with van der Waals surface area (Å²) in [6.45, 7) is 0.502. The molecule has 4 aromatic rings. The summed E-state index contributed by atoms with van der Waals surface area (Å²) < 4.78 is 12.3. The molecule has 4 rings (SSSR count). The van der Waals surface area contributed by atoms with E-state index in [0.29, 0.717) is 40.0 Å². The molecular weight excluding hydrogens is 476 g/mol. The molecule has 0 fully saturated rings. The zero-order valence-electron chi connectivity index (χ0n) is 19.7. The highest BCUT2D eigenvalue weighted by Gasteiger charge is 2.16. The van der Waals surface area contributed by atoms with E-state index < -0.39 is 5.91 Å². The van der Waals surface area contributed by atoms with Gasteiger partial charge in [-0.2, -0.15) is 10.4 Å². The third-order valence-electron chi connectivity index (χ3n) is 5.42. The van der Waals surface area contributed by atoms with Crippen LogP contribution in [0.1, 0.15) is 11.1 Å². The maximum absolute atomic E-state index is 13.0. The largest absolute Gasteiger partial charge is 0.497 e. The molecule has 7 nitrogen and oxygen atoms in total. The SMILES string of the molecule is COc1ccc(NC(=O)/C(C#N)=C/c2cn(Cc3ccc(Cl)cc3)nc2-c2ccccc2)c(OC)c1. The van der Waals surface area contributed by atoms with Gasteiger partial charge in [0.15, 0.2) is 0 Å². The van der Waals surface area contributed by atoms with Crippen molar-refractivity contribution < 1.29 is 14.3 Å². The first-order chi connectivity index (χ1) is 17.5. The standard InChI is InChI=1S/C28H23ClN4O3/c1-35-24-12-13-25(26(15-24)36-2)31-28(34)21(16-30)14-22-18-33(17-19-8-10-23(29)11-9-19)32-27(22)20-6-4-3-5-7-20/h3-15,18H,17H2,1-2H3,(H,31,34)/b21-14+.